The van der Waals surface area contributed by atoms with Crippen molar-refractivity contribution in [1.29, 1.82) is 0 Å². The second-order valence-corrected chi connectivity index (χ2v) is 22.5. The predicted molar refractivity (Wildman–Crippen MR) is 319 cm³/mol. The molecule has 75 heavy (non-hydrogen) atoms. The predicted octanol–water partition coefficient (Wildman–Crippen LogP) is 19.4. The molecule has 0 saturated carbocycles. The number of para-hydroxylation sites is 3. The molecule has 3 aromatic heterocycles. The quantitative estimate of drug-likeness (QED) is 0.160. The molecule has 1 aliphatic rings. The highest BCUT2D eigenvalue weighted by Gasteiger charge is 2.28. The molecule has 12 rings (SSSR count). The van der Waals surface area contributed by atoms with Gasteiger partial charge in [-0.25, -0.2) is 4.98 Å². The molecule has 1 aliphatic heterocycles. The molecule has 4 heterocycles. The molecule has 8 aromatic carbocycles. The summed E-state index contributed by atoms with van der Waals surface area (Å²) in [6.45, 7) is 5.87. The lowest BCUT2D eigenvalue weighted by molar-refractivity contribution is 0.483. The van der Waals surface area contributed by atoms with Crippen LogP contribution < -0.4 is 9.64 Å². The van der Waals surface area contributed by atoms with Gasteiger partial charge < -0.3 is 14.2 Å². The smallest absolute Gasteiger partial charge is 0.137 e. The Morgan fingerprint density at radius 2 is 1.17 bits per heavy atom. The molecule has 0 aliphatic carbocycles. The molecule has 5 nitrogen and oxygen atoms in total. The number of rotatable bonds is 7. The molecule has 0 saturated heterocycles. The van der Waals surface area contributed by atoms with Gasteiger partial charge in [0.05, 0.1) is 27.8 Å². The van der Waals surface area contributed by atoms with Crippen LogP contribution in [0.1, 0.15) is 113 Å². The first-order valence-corrected chi connectivity index (χ1v) is 25.9. The van der Waals surface area contributed by atoms with Crippen LogP contribution in [0.25, 0.3) is 82.1 Å². The molecular formula is C70H68N4O. The summed E-state index contributed by atoms with van der Waals surface area (Å²) < 4.78 is 110. The number of hydrogen-bond acceptors (Lipinski definition) is 3. The zero-order valence-electron chi connectivity index (χ0n) is 54.8. The van der Waals surface area contributed by atoms with Crippen molar-refractivity contribution in [2.75, 3.05) is 4.90 Å². The third kappa shape index (κ3) is 8.47. The van der Waals surface area contributed by atoms with Crippen LogP contribution in [0.15, 0.2) is 182 Å². The van der Waals surface area contributed by atoms with Crippen LogP contribution in [0.4, 0.5) is 11.4 Å². The first kappa shape index (κ1) is 36.9. The van der Waals surface area contributed by atoms with Gasteiger partial charge in [0.2, 0.25) is 0 Å². The Bertz CT molecular complexity index is 4570. The van der Waals surface area contributed by atoms with E-state index in [1.165, 1.54) is 17.7 Å². The number of pyridine rings is 1. The van der Waals surface area contributed by atoms with Crippen molar-refractivity contribution >= 4 is 76.5 Å². The van der Waals surface area contributed by atoms with Crippen molar-refractivity contribution in [3.8, 4) is 28.4 Å². The number of benzene rings is 8. The zero-order chi connectivity index (χ0) is 61.4. The van der Waals surface area contributed by atoms with E-state index >= 15 is 0 Å². The fraction of sp³-hybridized carbons (Fsp3) is 0.243. The number of ether oxygens (including phenoxy) is 1. The maximum atomic E-state index is 9.73. The number of aromatic nitrogens is 3. The topological polar surface area (TPSA) is 35.2 Å². The Kier molecular flexibility index (Phi) is 8.82. The van der Waals surface area contributed by atoms with Crippen molar-refractivity contribution in [1.82, 2.24) is 14.1 Å². The number of nitrogens with zero attached hydrogens (tertiary/aromatic N) is 4. The zero-order valence-corrected chi connectivity index (χ0v) is 43.8. The van der Waals surface area contributed by atoms with E-state index in [4.69, 9.17) is 22.1 Å². The van der Waals surface area contributed by atoms with Crippen molar-refractivity contribution < 1.29 is 19.8 Å². The summed E-state index contributed by atoms with van der Waals surface area (Å²) in [5, 5.41) is 6.89. The summed E-state index contributed by atoms with van der Waals surface area (Å²) in [5.41, 5.74) is 3.96. The maximum absolute atomic E-state index is 9.73. The molecule has 0 spiro atoms. The Labute approximate surface area is 457 Å². The largest absolute Gasteiger partial charge is 0.457 e. The third-order valence-corrected chi connectivity index (χ3v) is 14.8. The molecule has 0 unspecified atom stereocenters. The molecule has 11 aromatic rings. The highest BCUT2D eigenvalue weighted by molar-refractivity contribution is 6.23. The van der Waals surface area contributed by atoms with Crippen LogP contribution in [0, 0.1) is 5.92 Å². The van der Waals surface area contributed by atoms with Crippen LogP contribution in [0.2, 0.25) is 0 Å². The molecule has 0 N–H and O–H groups in total. The van der Waals surface area contributed by atoms with E-state index in [0.29, 0.717) is 39.3 Å². The average Bonchev–Trinajstić information content (AvgIpc) is 1.20. The van der Waals surface area contributed by atoms with Crippen LogP contribution in [0.5, 0.6) is 11.5 Å². The maximum Gasteiger partial charge on any atom is 0.137 e. The van der Waals surface area contributed by atoms with Gasteiger partial charge in [-0.15, -0.1) is 0 Å². The number of fused-ring (bicyclic) bond motifs is 10. The minimum atomic E-state index is -3.51. The van der Waals surface area contributed by atoms with E-state index in [-0.39, 0.29) is 17.6 Å². The number of anilines is 2. The lowest BCUT2D eigenvalue weighted by Crippen LogP contribution is -2.17. The van der Waals surface area contributed by atoms with Crippen molar-refractivity contribution in [2.45, 2.75) is 105 Å². The highest BCUT2D eigenvalue weighted by Crippen LogP contribution is 2.47. The minimum Gasteiger partial charge on any atom is -0.457 e. The summed E-state index contributed by atoms with van der Waals surface area (Å²) in [4.78, 5) is 7.11. The lowest BCUT2D eigenvalue weighted by Gasteiger charge is -2.27. The van der Waals surface area contributed by atoms with Gasteiger partial charge in [0.1, 0.15) is 24.0 Å². The highest BCUT2D eigenvalue weighted by atomic mass is 16.5. The second kappa shape index (κ2) is 17.9. The van der Waals surface area contributed by atoms with Gasteiger partial charge in [-0.2, -0.15) is 0 Å². The van der Waals surface area contributed by atoms with Gasteiger partial charge >= 0.3 is 0 Å². The minimum absolute atomic E-state index is 0.0969. The summed E-state index contributed by atoms with van der Waals surface area (Å²) in [7, 11) is 0. The van der Waals surface area contributed by atoms with Crippen molar-refractivity contribution in [2.24, 2.45) is 5.92 Å². The van der Waals surface area contributed by atoms with E-state index in [9.17, 15) is 2.74 Å². The van der Waals surface area contributed by atoms with Crippen LogP contribution in [0.3, 0.4) is 0 Å². The Morgan fingerprint density at radius 3 is 1.93 bits per heavy atom. The monoisotopic (exact) mass is 992 g/mol. The molecule has 374 valence electrons. The summed E-state index contributed by atoms with van der Waals surface area (Å²) >= 11 is 0. The van der Waals surface area contributed by atoms with Crippen LogP contribution in [-0.4, -0.2) is 14.1 Å². The molecular weight excluding hydrogens is 913 g/mol. The second-order valence-electron chi connectivity index (χ2n) is 22.5. The standard InChI is InChI=1S/C70H68N4O/c1-44(2)36-45-20-16-27-58-60-29-19-31-62-67(60)73(66-53(26-18-28-59(66)54-23-12-13-25-57(54)65(45)58)46-37-48(69(6,7)8)39-49(38-46)70(9,10)11)43-72(62)50-21-17-22-51(41-50)75-52-32-33-56-55-24-14-15-30-61(55)74(63(56)42-52)64-40-47(34-35-71-64)68(3,4)5/h12-35,37-42,44H,36,43H2,1-11H3/i6D3,7D3,8D3,36D2. The van der Waals surface area contributed by atoms with E-state index in [0.717, 1.165) is 76.8 Å². The Balaban J connectivity index is 1.13. The normalized spacial score (nSPS) is 16.0. The van der Waals surface area contributed by atoms with Crippen LogP contribution >= 0.6 is 0 Å². The Hall–Kier alpha value is -7.89. The van der Waals surface area contributed by atoms with E-state index in [2.05, 4.69) is 89.4 Å². The summed E-state index contributed by atoms with van der Waals surface area (Å²) in [6.07, 6.45) is 0.0925. The molecule has 0 fully saturated rings. The summed E-state index contributed by atoms with van der Waals surface area (Å²) in [6, 6.07) is 57.4. The van der Waals surface area contributed by atoms with Gasteiger partial charge in [-0.05, 0) is 126 Å². The van der Waals surface area contributed by atoms with Crippen molar-refractivity contribution in [3.63, 3.8) is 0 Å². The first-order chi connectivity index (χ1) is 40.4. The van der Waals surface area contributed by atoms with E-state index < -0.39 is 43.7 Å². The first-order valence-electron chi connectivity index (χ1n) is 31.4. The van der Waals surface area contributed by atoms with Gasteiger partial charge in [0, 0.05) is 66.2 Å². The molecule has 5 heteroatoms. The van der Waals surface area contributed by atoms with Crippen LogP contribution in [-0.2, 0) is 29.3 Å². The summed E-state index contributed by atoms with van der Waals surface area (Å²) in [5.74, 6) is 1.62. The molecule has 0 amide bonds. The third-order valence-electron chi connectivity index (χ3n) is 14.8. The molecule has 0 radical (unpaired) electrons. The fourth-order valence-electron chi connectivity index (χ4n) is 11.2. The van der Waals surface area contributed by atoms with Gasteiger partial charge in [0.25, 0.3) is 0 Å². The molecule has 0 atom stereocenters. The van der Waals surface area contributed by atoms with Gasteiger partial charge in [0.15, 0.2) is 0 Å². The van der Waals surface area contributed by atoms with E-state index in [1.807, 2.05) is 150 Å². The van der Waals surface area contributed by atoms with Gasteiger partial charge in [-0.3, -0.25) is 4.57 Å². The molecule has 0 bridgehead atoms. The fourth-order valence-corrected chi connectivity index (χ4v) is 11.2. The number of hydrogen-bond donors (Lipinski definition) is 0. The van der Waals surface area contributed by atoms with Crippen molar-refractivity contribution in [3.05, 3.63) is 204 Å². The van der Waals surface area contributed by atoms with Gasteiger partial charge in [-0.1, -0.05) is 191 Å². The average molecular weight is 992 g/mol. The SMILES string of the molecule is [2H]C([2H])(c1cccc2c3cccc4c3n(c3c(-c5cc(C(C)(C)C)cc(C(C([2H])([2H])[2H])(C([2H])([2H])[2H])C([2H])([2H])[2H])c5)cccc3c3ccccc3c12)CN4c1cccc(Oc2ccc3c4ccccc4n(-c4cc(C(C)(C)C)ccn4)c3c2)c1)C(C)C. The van der Waals surface area contributed by atoms with E-state index in [1.54, 1.807) is 0 Å². The lowest BCUT2D eigenvalue weighted by atomic mass is 9.78. The Morgan fingerprint density at radius 1 is 0.547 bits per heavy atom.